The highest BCUT2D eigenvalue weighted by molar-refractivity contribution is 4.89. The van der Waals surface area contributed by atoms with Gasteiger partial charge in [-0.2, -0.15) is 0 Å². The van der Waals surface area contributed by atoms with Crippen LogP contribution >= 0.6 is 0 Å². The molecule has 0 aromatic rings. The first-order chi connectivity index (χ1) is 3.21. The molecule has 1 rings (SSSR count). The number of hydrogen-bond donors (Lipinski definition) is 2. The van der Waals surface area contributed by atoms with E-state index in [0.29, 0.717) is 12.8 Å². The van der Waals surface area contributed by atoms with Crippen LogP contribution in [-0.4, -0.2) is 16.0 Å². The molecule has 1 aliphatic rings. The third kappa shape index (κ3) is 1.14. The van der Waals surface area contributed by atoms with Crippen LogP contribution < -0.4 is 0 Å². The van der Waals surface area contributed by atoms with Gasteiger partial charge in [-0.25, -0.2) is 0 Å². The third-order valence-corrected chi connectivity index (χ3v) is 1.11. The normalized spacial score (nSPS) is 28.3. The summed E-state index contributed by atoms with van der Waals surface area (Å²) in [6.45, 7) is 0. The Kier molecular flexibility index (Phi) is 1.05. The van der Waals surface area contributed by atoms with Crippen LogP contribution in [0.5, 0.6) is 0 Å². The molecule has 0 unspecified atom stereocenters. The van der Waals surface area contributed by atoms with Crippen molar-refractivity contribution in [1.29, 1.82) is 0 Å². The predicted molar refractivity (Wildman–Crippen MR) is 24.3 cm³/mol. The minimum absolute atomic E-state index is 0.451. The van der Waals surface area contributed by atoms with E-state index in [4.69, 9.17) is 10.2 Å². The van der Waals surface area contributed by atoms with Crippen molar-refractivity contribution in [3.63, 3.8) is 0 Å². The lowest BCUT2D eigenvalue weighted by Crippen LogP contribution is -2.22. The first-order valence-corrected chi connectivity index (χ1v) is 2.40. The molecule has 0 spiro atoms. The van der Waals surface area contributed by atoms with Gasteiger partial charge < -0.3 is 10.2 Å². The lowest BCUT2D eigenvalue weighted by atomic mass is 10.2. The minimum Gasteiger partial charge on any atom is -0.365 e. The van der Waals surface area contributed by atoms with Gasteiger partial charge in [0.05, 0.1) is 0 Å². The molecule has 0 heterocycles. The molecule has 2 N–H and O–H groups in total. The van der Waals surface area contributed by atoms with Crippen molar-refractivity contribution in [3.8, 4) is 0 Å². The van der Waals surface area contributed by atoms with Crippen LogP contribution in [0.2, 0.25) is 0 Å². The molecule has 2 heteroatoms. The molecular formula is C5H8O2. The van der Waals surface area contributed by atoms with Gasteiger partial charge in [-0.05, 0) is 12.8 Å². The van der Waals surface area contributed by atoms with Gasteiger partial charge in [0.1, 0.15) is 0 Å². The van der Waals surface area contributed by atoms with Crippen LogP contribution in [0, 0.1) is 6.42 Å². The molecule has 0 aromatic carbocycles. The summed E-state index contributed by atoms with van der Waals surface area (Å²) in [5.74, 6) is -1.56. The SMILES string of the molecule is OC1(O)[C]CCC1. The summed E-state index contributed by atoms with van der Waals surface area (Å²) in [6, 6.07) is 0. The predicted octanol–water partition coefficient (Wildman–Crippen LogP) is -0.0675. The Morgan fingerprint density at radius 2 is 2.14 bits per heavy atom. The Hall–Kier alpha value is -0.0800. The van der Waals surface area contributed by atoms with Gasteiger partial charge in [0.2, 0.25) is 0 Å². The van der Waals surface area contributed by atoms with E-state index in [-0.39, 0.29) is 0 Å². The van der Waals surface area contributed by atoms with Crippen LogP contribution in [0.15, 0.2) is 0 Å². The lowest BCUT2D eigenvalue weighted by Gasteiger charge is -2.10. The third-order valence-electron chi connectivity index (χ3n) is 1.11. The Bertz CT molecular complexity index is 60.5. The maximum atomic E-state index is 8.64. The first-order valence-electron chi connectivity index (χ1n) is 2.40. The van der Waals surface area contributed by atoms with Crippen molar-refractivity contribution in [2.45, 2.75) is 25.0 Å². The van der Waals surface area contributed by atoms with E-state index in [2.05, 4.69) is 6.42 Å². The molecular weight excluding hydrogens is 92.1 g/mol. The highest BCUT2D eigenvalue weighted by atomic mass is 16.5. The zero-order valence-corrected chi connectivity index (χ0v) is 4.02. The molecule has 1 aliphatic carbocycles. The summed E-state index contributed by atoms with van der Waals surface area (Å²) < 4.78 is 0. The average molecular weight is 100 g/mol. The van der Waals surface area contributed by atoms with Crippen molar-refractivity contribution < 1.29 is 10.2 Å². The average Bonchev–Trinajstić information content (AvgIpc) is 1.84. The summed E-state index contributed by atoms with van der Waals surface area (Å²) >= 11 is 0. The zero-order valence-electron chi connectivity index (χ0n) is 4.02. The minimum atomic E-state index is -1.56. The smallest absolute Gasteiger partial charge is 0.169 e. The van der Waals surface area contributed by atoms with Crippen LogP contribution in [-0.2, 0) is 0 Å². The number of hydrogen-bond acceptors (Lipinski definition) is 2. The largest absolute Gasteiger partial charge is 0.365 e. The van der Waals surface area contributed by atoms with Gasteiger partial charge in [-0.3, -0.25) is 0 Å². The molecule has 0 saturated heterocycles. The van der Waals surface area contributed by atoms with Crippen LogP contribution in [0.3, 0.4) is 0 Å². The quantitative estimate of drug-likeness (QED) is 0.418. The molecule has 2 radical (unpaired) electrons. The summed E-state index contributed by atoms with van der Waals surface area (Å²) in [5.41, 5.74) is 0. The van der Waals surface area contributed by atoms with Crippen molar-refractivity contribution in [2.24, 2.45) is 0 Å². The highest BCUT2D eigenvalue weighted by Gasteiger charge is 2.28. The van der Waals surface area contributed by atoms with Crippen molar-refractivity contribution >= 4 is 0 Å². The second kappa shape index (κ2) is 1.46. The lowest BCUT2D eigenvalue weighted by molar-refractivity contribution is -0.124. The second-order valence-electron chi connectivity index (χ2n) is 1.85. The van der Waals surface area contributed by atoms with Crippen molar-refractivity contribution in [3.05, 3.63) is 6.42 Å². The summed E-state index contributed by atoms with van der Waals surface area (Å²) in [7, 11) is 0. The van der Waals surface area contributed by atoms with E-state index in [1.807, 2.05) is 0 Å². The maximum absolute atomic E-state index is 8.64. The molecule has 0 atom stereocenters. The van der Waals surface area contributed by atoms with E-state index in [1.54, 1.807) is 0 Å². The topological polar surface area (TPSA) is 40.5 Å². The molecule has 7 heavy (non-hydrogen) atoms. The molecule has 2 nitrogen and oxygen atoms in total. The van der Waals surface area contributed by atoms with E-state index in [9.17, 15) is 0 Å². The molecule has 1 fully saturated rings. The maximum Gasteiger partial charge on any atom is 0.169 e. The fraction of sp³-hybridized carbons (Fsp3) is 0.800. The van der Waals surface area contributed by atoms with Gasteiger partial charge in [0, 0.05) is 12.8 Å². The molecule has 1 saturated carbocycles. The van der Waals surface area contributed by atoms with Gasteiger partial charge in [-0.15, -0.1) is 0 Å². The molecule has 0 amide bonds. The van der Waals surface area contributed by atoms with Gasteiger partial charge in [-0.1, -0.05) is 0 Å². The first kappa shape index (κ1) is 5.06. The van der Waals surface area contributed by atoms with Crippen LogP contribution in [0.25, 0.3) is 0 Å². The standard InChI is InChI=1S/C5H8O2/c6-5(7)3-1-2-4-5/h6-7H,1-3H2. The highest BCUT2D eigenvalue weighted by Crippen LogP contribution is 2.24. The Morgan fingerprint density at radius 1 is 1.43 bits per heavy atom. The fourth-order valence-corrected chi connectivity index (χ4v) is 0.712. The molecule has 0 aromatic heterocycles. The summed E-state index contributed by atoms with van der Waals surface area (Å²) in [4.78, 5) is 0. The van der Waals surface area contributed by atoms with E-state index in [0.717, 1.165) is 6.42 Å². The van der Waals surface area contributed by atoms with E-state index < -0.39 is 5.79 Å². The van der Waals surface area contributed by atoms with Crippen LogP contribution in [0.4, 0.5) is 0 Å². The monoisotopic (exact) mass is 100 g/mol. The van der Waals surface area contributed by atoms with E-state index in [1.165, 1.54) is 0 Å². The second-order valence-corrected chi connectivity index (χ2v) is 1.85. The van der Waals surface area contributed by atoms with Crippen molar-refractivity contribution in [1.82, 2.24) is 0 Å². The van der Waals surface area contributed by atoms with Gasteiger partial charge in [0.25, 0.3) is 0 Å². The van der Waals surface area contributed by atoms with Gasteiger partial charge in [0.15, 0.2) is 5.79 Å². The number of aliphatic hydroxyl groups is 2. The fourth-order valence-electron chi connectivity index (χ4n) is 0.712. The molecule has 0 bridgehead atoms. The summed E-state index contributed by atoms with van der Waals surface area (Å²) in [5, 5.41) is 17.3. The molecule has 0 aliphatic heterocycles. The Morgan fingerprint density at radius 3 is 2.29 bits per heavy atom. The Balaban J connectivity index is 2.40. The zero-order chi connectivity index (χ0) is 5.33. The summed E-state index contributed by atoms with van der Waals surface area (Å²) in [6.07, 6.45) is 4.53. The van der Waals surface area contributed by atoms with Crippen LogP contribution in [0.1, 0.15) is 19.3 Å². The van der Waals surface area contributed by atoms with Gasteiger partial charge >= 0.3 is 0 Å². The Labute approximate surface area is 42.8 Å². The van der Waals surface area contributed by atoms with Crippen molar-refractivity contribution in [2.75, 3.05) is 0 Å². The molecule has 40 valence electrons. The number of rotatable bonds is 0. The van der Waals surface area contributed by atoms with E-state index >= 15 is 0 Å².